The molecular weight excluding hydrogens is 278 g/mol. The Balaban J connectivity index is 1.89. The van der Waals surface area contributed by atoms with Crippen molar-refractivity contribution in [3.8, 4) is 0 Å². The number of nitrogens with zero attached hydrogens (tertiary/aromatic N) is 2. The Morgan fingerprint density at radius 1 is 1.05 bits per heavy atom. The number of rotatable bonds is 2. The summed E-state index contributed by atoms with van der Waals surface area (Å²) in [6.45, 7) is 6.31. The molecular formula is C17H21N3S. The molecule has 3 nitrogen and oxygen atoms in total. The third-order valence-corrected chi connectivity index (χ3v) is 4.59. The lowest BCUT2D eigenvalue weighted by atomic mass is 9.96. The molecule has 0 aliphatic heterocycles. The quantitative estimate of drug-likeness (QED) is 0.852. The van der Waals surface area contributed by atoms with Gasteiger partial charge < -0.3 is 5.73 Å². The summed E-state index contributed by atoms with van der Waals surface area (Å²) < 4.78 is 0. The minimum atomic E-state index is -0.0946. The Bertz CT molecular complexity index is 674. The largest absolute Gasteiger partial charge is 0.384 e. The van der Waals surface area contributed by atoms with Crippen LogP contribution in [0.15, 0.2) is 34.2 Å². The van der Waals surface area contributed by atoms with Crippen LogP contribution >= 0.6 is 11.8 Å². The zero-order valence-electron chi connectivity index (χ0n) is 12.8. The predicted molar refractivity (Wildman–Crippen MR) is 87.7 cm³/mol. The molecule has 2 aromatic rings. The average Bonchev–Trinajstić information content (AvgIpc) is 2.84. The Morgan fingerprint density at radius 3 is 2.57 bits per heavy atom. The van der Waals surface area contributed by atoms with Gasteiger partial charge in [-0.1, -0.05) is 38.6 Å². The first-order chi connectivity index (χ1) is 9.91. The first kappa shape index (κ1) is 14.4. The summed E-state index contributed by atoms with van der Waals surface area (Å²) in [7, 11) is 0. The van der Waals surface area contributed by atoms with E-state index in [9.17, 15) is 0 Å². The fraction of sp³-hybridized carbons (Fsp3) is 0.412. The first-order valence-electron chi connectivity index (χ1n) is 7.36. The highest BCUT2D eigenvalue weighted by Gasteiger charge is 2.19. The van der Waals surface area contributed by atoms with E-state index in [0.717, 1.165) is 10.9 Å². The van der Waals surface area contributed by atoms with Crippen LogP contribution in [0.25, 0.3) is 0 Å². The second-order valence-corrected chi connectivity index (χ2v) is 7.68. The van der Waals surface area contributed by atoms with E-state index in [0.29, 0.717) is 5.82 Å². The lowest BCUT2D eigenvalue weighted by Gasteiger charge is -2.17. The van der Waals surface area contributed by atoms with Gasteiger partial charge in [0.2, 0.25) is 0 Å². The fourth-order valence-electron chi connectivity index (χ4n) is 2.56. The summed E-state index contributed by atoms with van der Waals surface area (Å²) in [5.41, 5.74) is 8.82. The second-order valence-electron chi connectivity index (χ2n) is 6.59. The fourth-order valence-corrected chi connectivity index (χ4v) is 3.45. The number of benzene rings is 1. The van der Waals surface area contributed by atoms with E-state index in [1.165, 1.54) is 35.3 Å². The van der Waals surface area contributed by atoms with Crippen LogP contribution in [-0.2, 0) is 18.3 Å². The van der Waals surface area contributed by atoms with Gasteiger partial charge in [0, 0.05) is 16.4 Å². The van der Waals surface area contributed by atoms with E-state index in [-0.39, 0.29) is 5.41 Å². The second kappa shape index (κ2) is 5.34. The van der Waals surface area contributed by atoms with Gasteiger partial charge in [0.1, 0.15) is 16.7 Å². The maximum absolute atomic E-state index is 5.94. The van der Waals surface area contributed by atoms with Crippen LogP contribution in [0.5, 0.6) is 0 Å². The molecule has 0 saturated heterocycles. The zero-order valence-corrected chi connectivity index (χ0v) is 13.6. The van der Waals surface area contributed by atoms with Crippen LogP contribution in [0.1, 0.15) is 44.1 Å². The number of nitrogens with two attached hydrogens (primary N) is 1. The number of aryl methyl sites for hydroxylation is 2. The van der Waals surface area contributed by atoms with Crippen LogP contribution in [-0.4, -0.2) is 9.97 Å². The van der Waals surface area contributed by atoms with E-state index < -0.39 is 0 Å². The molecule has 0 radical (unpaired) electrons. The van der Waals surface area contributed by atoms with Crippen LogP contribution in [0.4, 0.5) is 5.82 Å². The number of anilines is 1. The van der Waals surface area contributed by atoms with Crippen molar-refractivity contribution < 1.29 is 0 Å². The number of aromatic nitrogens is 2. The molecule has 0 fully saturated rings. The summed E-state index contributed by atoms with van der Waals surface area (Å²) in [6, 6.07) is 8.58. The summed E-state index contributed by atoms with van der Waals surface area (Å²) in [6.07, 6.45) is 3.69. The van der Waals surface area contributed by atoms with E-state index in [2.05, 4.69) is 48.9 Å². The van der Waals surface area contributed by atoms with Crippen molar-refractivity contribution in [1.29, 1.82) is 0 Å². The minimum Gasteiger partial charge on any atom is -0.384 e. The molecule has 1 aliphatic carbocycles. The van der Waals surface area contributed by atoms with Gasteiger partial charge in [-0.05, 0) is 42.5 Å². The van der Waals surface area contributed by atoms with E-state index in [1.807, 2.05) is 6.07 Å². The molecule has 0 unspecified atom stereocenters. The van der Waals surface area contributed by atoms with Crippen LogP contribution in [0, 0.1) is 0 Å². The third-order valence-electron chi connectivity index (χ3n) is 3.69. The van der Waals surface area contributed by atoms with Gasteiger partial charge >= 0.3 is 0 Å². The van der Waals surface area contributed by atoms with Crippen LogP contribution in [0.2, 0.25) is 0 Å². The van der Waals surface area contributed by atoms with Crippen molar-refractivity contribution >= 4 is 17.6 Å². The molecule has 1 aromatic carbocycles. The van der Waals surface area contributed by atoms with Crippen molar-refractivity contribution in [2.45, 2.75) is 55.4 Å². The molecule has 21 heavy (non-hydrogen) atoms. The summed E-state index contributed by atoms with van der Waals surface area (Å²) >= 11 is 1.67. The molecule has 2 N–H and O–H groups in total. The summed E-state index contributed by atoms with van der Waals surface area (Å²) in [5, 5.41) is 0.922. The standard InChI is InChI=1S/C17H21N3S/c1-17(2,3)16-19-14(18)10-15(20-16)21-13-8-7-11-5-4-6-12(11)9-13/h7-10H,4-6H2,1-3H3,(H2,18,19,20). The highest BCUT2D eigenvalue weighted by atomic mass is 32.2. The number of hydrogen-bond acceptors (Lipinski definition) is 4. The van der Waals surface area contributed by atoms with Crippen LogP contribution < -0.4 is 5.73 Å². The normalized spacial score (nSPS) is 14.2. The number of nitrogen functional groups attached to an aromatic ring is 1. The van der Waals surface area contributed by atoms with Gasteiger partial charge in [0.05, 0.1) is 0 Å². The van der Waals surface area contributed by atoms with Crippen molar-refractivity contribution in [1.82, 2.24) is 9.97 Å². The molecule has 0 bridgehead atoms. The maximum atomic E-state index is 5.94. The highest BCUT2D eigenvalue weighted by molar-refractivity contribution is 7.99. The van der Waals surface area contributed by atoms with Crippen molar-refractivity contribution in [2.75, 3.05) is 5.73 Å². The Morgan fingerprint density at radius 2 is 1.81 bits per heavy atom. The average molecular weight is 299 g/mol. The predicted octanol–water partition coefficient (Wildman–Crippen LogP) is 4.00. The monoisotopic (exact) mass is 299 g/mol. The lowest BCUT2D eigenvalue weighted by molar-refractivity contribution is 0.540. The van der Waals surface area contributed by atoms with Crippen molar-refractivity contribution in [3.63, 3.8) is 0 Å². The summed E-state index contributed by atoms with van der Waals surface area (Å²) in [4.78, 5) is 10.3. The lowest BCUT2D eigenvalue weighted by Crippen LogP contribution is -2.17. The smallest absolute Gasteiger partial charge is 0.137 e. The molecule has 1 aromatic heterocycles. The Kier molecular flexibility index (Phi) is 3.66. The molecule has 1 aliphatic rings. The molecule has 0 spiro atoms. The van der Waals surface area contributed by atoms with Gasteiger partial charge in [-0.2, -0.15) is 0 Å². The van der Waals surface area contributed by atoms with E-state index in [4.69, 9.17) is 5.73 Å². The highest BCUT2D eigenvalue weighted by Crippen LogP contribution is 2.32. The van der Waals surface area contributed by atoms with Gasteiger partial charge in [-0.3, -0.25) is 0 Å². The first-order valence-corrected chi connectivity index (χ1v) is 8.18. The number of fused-ring (bicyclic) bond motifs is 1. The van der Waals surface area contributed by atoms with E-state index in [1.54, 1.807) is 11.8 Å². The van der Waals surface area contributed by atoms with Crippen LogP contribution in [0.3, 0.4) is 0 Å². The maximum Gasteiger partial charge on any atom is 0.137 e. The van der Waals surface area contributed by atoms with Gasteiger partial charge in [0.15, 0.2) is 0 Å². The van der Waals surface area contributed by atoms with Gasteiger partial charge in [0.25, 0.3) is 0 Å². The Hall–Kier alpha value is -1.55. The molecule has 110 valence electrons. The van der Waals surface area contributed by atoms with E-state index >= 15 is 0 Å². The molecule has 4 heteroatoms. The Labute approximate surface area is 130 Å². The third kappa shape index (κ3) is 3.21. The number of hydrogen-bond donors (Lipinski definition) is 1. The van der Waals surface area contributed by atoms with Gasteiger partial charge in [-0.25, -0.2) is 9.97 Å². The molecule has 0 amide bonds. The molecule has 3 rings (SSSR count). The topological polar surface area (TPSA) is 51.8 Å². The SMILES string of the molecule is CC(C)(C)c1nc(N)cc(Sc2ccc3c(c2)CCC3)n1. The van der Waals surface area contributed by atoms with Crippen molar-refractivity contribution in [2.24, 2.45) is 0 Å². The summed E-state index contributed by atoms with van der Waals surface area (Å²) in [5.74, 6) is 1.34. The molecule has 0 saturated carbocycles. The van der Waals surface area contributed by atoms with Crippen molar-refractivity contribution in [3.05, 3.63) is 41.2 Å². The molecule has 1 heterocycles. The van der Waals surface area contributed by atoms with Gasteiger partial charge in [-0.15, -0.1) is 0 Å². The zero-order chi connectivity index (χ0) is 15.0. The minimum absolute atomic E-state index is 0.0946. The molecule has 0 atom stereocenters.